The fourth-order valence-corrected chi connectivity index (χ4v) is 0.640. The molecule has 1 atom stereocenters. The fourth-order valence-electron chi connectivity index (χ4n) is 0.485. The largest absolute Gasteiger partial charge is 0.153 e. The Labute approximate surface area is 60.6 Å². The van der Waals surface area contributed by atoms with Crippen molar-refractivity contribution in [1.82, 2.24) is 0 Å². The highest BCUT2D eigenvalue weighted by atomic mass is 35.5. The molecule has 52 valence electrons. The van der Waals surface area contributed by atoms with E-state index in [0.717, 1.165) is 11.8 Å². The quantitative estimate of drug-likeness (QED) is 0.433. The standard InChI is InChI=1S/C6H13Cl.H3P/c1-6(2)4-3-5-7;/h6H,3-5H2,1-2H3;1H3. The van der Waals surface area contributed by atoms with Gasteiger partial charge in [-0.3, -0.25) is 0 Å². The Bertz CT molecular complexity index is 37.5. The molecule has 0 aliphatic heterocycles. The second-order valence-electron chi connectivity index (χ2n) is 2.23. The van der Waals surface area contributed by atoms with Crippen LogP contribution in [0, 0.1) is 5.92 Å². The molecule has 8 heavy (non-hydrogen) atoms. The van der Waals surface area contributed by atoms with Gasteiger partial charge in [0.15, 0.2) is 0 Å². The van der Waals surface area contributed by atoms with Crippen molar-refractivity contribution in [3.63, 3.8) is 0 Å². The monoisotopic (exact) mass is 154 g/mol. The summed E-state index contributed by atoms with van der Waals surface area (Å²) in [6.07, 6.45) is 2.43. The molecule has 0 bridgehead atoms. The van der Waals surface area contributed by atoms with Crippen LogP contribution in [-0.4, -0.2) is 5.88 Å². The minimum absolute atomic E-state index is 0. The third-order valence-corrected chi connectivity index (χ3v) is 1.18. The smallest absolute Gasteiger partial charge is 0.0223 e. The van der Waals surface area contributed by atoms with E-state index in [0.29, 0.717) is 0 Å². The van der Waals surface area contributed by atoms with Crippen molar-refractivity contribution in [2.24, 2.45) is 5.92 Å². The van der Waals surface area contributed by atoms with Crippen molar-refractivity contribution in [1.29, 1.82) is 0 Å². The molecule has 1 unspecified atom stereocenters. The molecule has 0 nitrogen and oxygen atoms in total. The molecular weight excluding hydrogens is 138 g/mol. The zero-order valence-electron chi connectivity index (χ0n) is 5.78. The van der Waals surface area contributed by atoms with Crippen LogP contribution in [-0.2, 0) is 0 Å². The van der Waals surface area contributed by atoms with E-state index in [2.05, 4.69) is 13.8 Å². The van der Waals surface area contributed by atoms with Crippen LogP contribution in [0.1, 0.15) is 26.7 Å². The Hall–Kier alpha value is 0.720. The van der Waals surface area contributed by atoms with Crippen LogP contribution in [0.3, 0.4) is 0 Å². The van der Waals surface area contributed by atoms with Gasteiger partial charge in [-0.25, -0.2) is 0 Å². The van der Waals surface area contributed by atoms with Gasteiger partial charge in [0.25, 0.3) is 0 Å². The molecule has 0 saturated heterocycles. The van der Waals surface area contributed by atoms with Crippen LogP contribution in [0.4, 0.5) is 0 Å². The van der Waals surface area contributed by atoms with Gasteiger partial charge in [0, 0.05) is 5.88 Å². The highest BCUT2D eigenvalue weighted by Gasteiger charge is 1.89. The van der Waals surface area contributed by atoms with E-state index in [9.17, 15) is 0 Å². The van der Waals surface area contributed by atoms with E-state index in [-0.39, 0.29) is 9.90 Å². The molecule has 0 saturated carbocycles. The van der Waals surface area contributed by atoms with Gasteiger partial charge in [-0.2, -0.15) is 9.90 Å². The Morgan fingerprint density at radius 1 is 1.38 bits per heavy atom. The van der Waals surface area contributed by atoms with Gasteiger partial charge in [-0.1, -0.05) is 13.8 Å². The Morgan fingerprint density at radius 2 is 1.88 bits per heavy atom. The summed E-state index contributed by atoms with van der Waals surface area (Å²) < 4.78 is 0. The molecule has 0 aromatic carbocycles. The summed E-state index contributed by atoms with van der Waals surface area (Å²) in [5, 5.41) is 0. The maximum Gasteiger partial charge on any atom is 0.0223 e. The zero-order valence-corrected chi connectivity index (χ0v) is 7.95. The van der Waals surface area contributed by atoms with Gasteiger partial charge in [-0.15, -0.1) is 11.6 Å². The summed E-state index contributed by atoms with van der Waals surface area (Å²) in [6.45, 7) is 4.43. The molecule has 0 amide bonds. The predicted molar refractivity (Wildman–Crippen MR) is 45.9 cm³/mol. The lowest BCUT2D eigenvalue weighted by atomic mass is 10.1. The molecule has 0 rings (SSSR count). The number of hydrogen-bond acceptors (Lipinski definition) is 0. The predicted octanol–water partition coefficient (Wildman–Crippen LogP) is 2.72. The molecule has 0 fully saturated rings. The molecular formula is C6H16ClP. The third kappa shape index (κ3) is 9.87. The normalized spacial score (nSPS) is 9.00. The molecule has 0 radical (unpaired) electrons. The van der Waals surface area contributed by atoms with Crippen LogP contribution in [0.15, 0.2) is 0 Å². The lowest BCUT2D eigenvalue weighted by Gasteiger charge is -1.98. The van der Waals surface area contributed by atoms with Crippen molar-refractivity contribution in [3.8, 4) is 0 Å². The van der Waals surface area contributed by atoms with Crippen LogP contribution in [0.2, 0.25) is 0 Å². The fraction of sp³-hybridized carbons (Fsp3) is 1.00. The Balaban J connectivity index is 0. The maximum atomic E-state index is 5.45. The average Bonchev–Trinajstić information content (AvgIpc) is 1.61. The summed E-state index contributed by atoms with van der Waals surface area (Å²) in [5.74, 6) is 1.64. The maximum absolute atomic E-state index is 5.45. The molecule has 0 aromatic heterocycles. The molecule has 0 N–H and O–H groups in total. The Morgan fingerprint density at radius 3 is 2.00 bits per heavy atom. The van der Waals surface area contributed by atoms with E-state index >= 15 is 0 Å². The first-order valence-electron chi connectivity index (χ1n) is 2.83. The van der Waals surface area contributed by atoms with Gasteiger partial charge in [0.1, 0.15) is 0 Å². The first kappa shape index (κ1) is 11.5. The van der Waals surface area contributed by atoms with E-state index in [1.54, 1.807) is 0 Å². The number of hydrogen-bond donors (Lipinski definition) is 0. The van der Waals surface area contributed by atoms with Gasteiger partial charge in [-0.05, 0) is 18.8 Å². The highest BCUT2D eigenvalue weighted by Crippen LogP contribution is 2.03. The van der Waals surface area contributed by atoms with Crippen LogP contribution >= 0.6 is 21.5 Å². The SMILES string of the molecule is CC(C)CCCCl.P. The summed E-state index contributed by atoms with van der Waals surface area (Å²) in [6, 6.07) is 0. The summed E-state index contributed by atoms with van der Waals surface area (Å²) in [4.78, 5) is 0. The molecule has 0 aliphatic rings. The van der Waals surface area contributed by atoms with Gasteiger partial charge >= 0.3 is 0 Å². The van der Waals surface area contributed by atoms with Crippen molar-refractivity contribution in [2.75, 3.05) is 5.88 Å². The topological polar surface area (TPSA) is 0 Å². The molecule has 0 heterocycles. The van der Waals surface area contributed by atoms with Gasteiger partial charge in [0.2, 0.25) is 0 Å². The minimum Gasteiger partial charge on any atom is -0.153 e. The summed E-state index contributed by atoms with van der Waals surface area (Å²) in [5.41, 5.74) is 0. The number of halogens is 1. The molecule has 0 spiro atoms. The second-order valence-corrected chi connectivity index (χ2v) is 2.60. The van der Waals surface area contributed by atoms with Crippen molar-refractivity contribution < 1.29 is 0 Å². The van der Waals surface area contributed by atoms with Crippen LogP contribution in [0.25, 0.3) is 0 Å². The second kappa shape index (κ2) is 7.72. The van der Waals surface area contributed by atoms with Crippen LogP contribution in [0.5, 0.6) is 0 Å². The third-order valence-electron chi connectivity index (χ3n) is 0.915. The van der Waals surface area contributed by atoms with Crippen molar-refractivity contribution in [2.45, 2.75) is 26.7 Å². The van der Waals surface area contributed by atoms with Gasteiger partial charge in [0.05, 0.1) is 0 Å². The highest BCUT2D eigenvalue weighted by molar-refractivity contribution is 6.92. The first-order valence-corrected chi connectivity index (χ1v) is 3.36. The first-order chi connectivity index (χ1) is 3.27. The van der Waals surface area contributed by atoms with Crippen molar-refractivity contribution in [3.05, 3.63) is 0 Å². The minimum atomic E-state index is 0. The molecule has 0 aromatic rings. The van der Waals surface area contributed by atoms with E-state index < -0.39 is 0 Å². The zero-order chi connectivity index (χ0) is 5.70. The van der Waals surface area contributed by atoms with Gasteiger partial charge < -0.3 is 0 Å². The number of rotatable bonds is 3. The van der Waals surface area contributed by atoms with E-state index in [1.165, 1.54) is 12.8 Å². The Kier molecular flexibility index (Phi) is 11.1. The summed E-state index contributed by atoms with van der Waals surface area (Å²) >= 11 is 5.45. The summed E-state index contributed by atoms with van der Waals surface area (Å²) in [7, 11) is 0. The van der Waals surface area contributed by atoms with Crippen LogP contribution < -0.4 is 0 Å². The van der Waals surface area contributed by atoms with E-state index in [1.807, 2.05) is 0 Å². The molecule has 2 heteroatoms. The number of alkyl halides is 1. The lowest BCUT2D eigenvalue weighted by Crippen LogP contribution is -1.85. The lowest BCUT2D eigenvalue weighted by molar-refractivity contribution is 0.578. The van der Waals surface area contributed by atoms with Crippen molar-refractivity contribution >= 4 is 21.5 Å². The average molecular weight is 155 g/mol. The molecule has 0 aliphatic carbocycles. The van der Waals surface area contributed by atoms with E-state index in [4.69, 9.17) is 11.6 Å².